The van der Waals surface area contributed by atoms with E-state index >= 15 is 0 Å². The lowest BCUT2D eigenvalue weighted by Gasteiger charge is -2.31. The van der Waals surface area contributed by atoms with Gasteiger partial charge in [0.2, 0.25) is 5.91 Å². The Balaban J connectivity index is 1.40. The van der Waals surface area contributed by atoms with Crippen molar-refractivity contribution in [3.63, 3.8) is 0 Å². The molecule has 0 bridgehead atoms. The van der Waals surface area contributed by atoms with Gasteiger partial charge >= 0.3 is 0 Å². The first-order chi connectivity index (χ1) is 13.1. The molecule has 0 aliphatic carbocycles. The topological polar surface area (TPSA) is 72.5 Å². The molecule has 6 nitrogen and oxygen atoms in total. The van der Waals surface area contributed by atoms with Crippen molar-refractivity contribution in [1.29, 1.82) is 0 Å². The number of nitrogens with one attached hydrogen (secondary N) is 2. The fourth-order valence-electron chi connectivity index (χ4n) is 4.09. The molecule has 27 heavy (non-hydrogen) atoms. The molecule has 1 amide bonds. The fourth-order valence-corrected chi connectivity index (χ4v) is 4.99. The Hall–Kier alpha value is -1.02. The molecule has 1 aromatic rings. The lowest BCUT2D eigenvalue weighted by atomic mass is 9.89. The third-order valence-electron chi connectivity index (χ3n) is 5.71. The summed E-state index contributed by atoms with van der Waals surface area (Å²) in [6.07, 6.45) is 3.97. The molecule has 2 fully saturated rings. The zero-order chi connectivity index (χ0) is 19.2. The number of aromatic nitrogens is 1. The van der Waals surface area contributed by atoms with Crippen LogP contribution in [0.5, 0.6) is 0 Å². The number of amides is 1. The third-order valence-corrected chi connectivity index (χ3v) is 6.78. The Morgan fingerprint density at radius 3 is 2.78 bits per heavy atom. The third kappa shape index (κ3) is 5.73. The molecule has 2 aliphatic heterocycles. The normalized spacial score (nSPS) is 24.9. The van der Waals surface area contributed by atoms with Gasteiger partial charge in [0.05, 0.1) is 29.3 Å². The number of rotatable bonds is 8. The van der Waals surface area contributed by atoms with Crippen LogP contribution < -0.4 is 10.6 Å². The van der Waals surface area contributed by atoms with E-state index in [0.29, 0.717) is 12.5 Å². The van der Waals surface area contributed by atoms with E-state index in [9.17, 15) is 4.79 Å². The summed E-state index contributed by atoms with van der Waals surface area (Å²) >= 11 is 1.74. The van der Waals surface area contributed by atoms with Gasteiger partial charge in [-0.1, -0.05) is 6.92 Å². The fraction of sp³-hybridized carbons (Fsp3) is 0.800. The summed E-state index contributed by atoms with van der Waals surface area (Å²) in [6.45, 7) is 9.99. The summed E-state index contributed by atoms with van der Waals surface area (Å²) in [6, 6.07) is 0.260. The smallest absolute Gasteiger partial charge is 0.225 e. The second-order valence-corrected chi connectivity index (χ2v) is 9.02. The molecule has 2 aliphatic rings. The van der Waals surface area contributed by atoms with Gasteiger partial charge in [0.1, 0.15) is 0 Å². The molecule has 7 heteroatoms. The molecule has 0 aromatic carbocycles. The molecule has 0 radical (unpaired) electrons. The van der Waals surface area contributed by atoms with Crippen molar-refractivity contribution in [1.82, 2.24) is 15.6 Å². The Bertz CT molecular complexity index is 616. The first-order valence-electron chi connectivity index (χ1n) is 10.2. The predicted octanol–water partition coefficient (Wildman–Crippen LogP) is 2.58. The standard InChI is InChI=1S/C20H33N3O3S/c1-4-18(15-5-7-25-8-6-15)23-20(24)16-9-17(26-12-16)10-21-11-19-13(2)22-14(3)27-19/h15-18,21H,4-12H2,1-3H3,(H,23,24)/t16-,17-,18?/m0/s1. The Morgan fingerprint density at radius 1 is 1.33 bits per heavy atom. The van der Waals surface area contributed by atoms with Gasteiger partial charge in [-0.3, -0.25) is 4.79 Å². The molecule has 1 unspecified atom stereocenters. The van der Waals surface area contributed by atoms with E-state index in [4.69, 9.17) is 9.47 Å². The van der Waals surface area contributed by atoms with Gasteiger partial charge in [-0.05, 0) is 45.4 Å². The highest BCUT2D eigenvalue weighted by Crippen LogP contribution is 2.24. The van der Waals surface area contributed by atoms with Gasteiger partial charge in [-0.15, -0.1) is 11.3 Å². The highest BCUT2D eigenvalue weighted by molar-refractivity contribution is 7.11. The molecular weight excluding hydrogens is 362 g/mol. The SMILES string of the molecule is CCC(NC(=O)[C@@H]1CO[C@H](CNCc2sc(C)nc2C)C1)C1CCOCC1. The lowest BCUT2D eigenvalue weighted by molar-refractivity contribution is -0.126. The van der Waals surface area contributed by atoms with Crippen molar-refractivity contribution < 1.29 is 14.3 Å². The van der Waals surface area contributed by atoms with Crippen LogP contribution in [-0.4, -0.2) is 49.4 Å². The number of aryl methyl sites for hydroxylation is 2. The molecule has 2 saturated heterocycles. The average Bonchev–Trinajstić information content (AvgIpc) is 3.26. The Morgan fingerprint density at radius 2 is 2.11 bits per heavy atom. The summed E-state index contributed by atoms with van der Waals surface area (Å²) in [5.41, 5.74) is 1.10. The lowest BCUT2D eigenvalue weighted by Crippen LogP contribution is -2.44. The van der Waals surface area contributed by atoms with E-state index < -0.39 is 0 Å². The molecule has 152 valence electrons. The van der Waals surface area contributed by atoms with Gasteiger partial charge in [0.15, 0.2) is 0 Å². The quantitative estimate of drug-likeness (QED) is 0.708. The van der Waals surface area contributed by atoms with Crippen LogP contribution in [0.1, 0.15) is 48.2 Å². The minimum atomic E-state index is -0.0296. The number of thiazole rings is 1. The van der Waals surface area contributed by atoms with Crippen LogP contribution in [0.2, 0.25) is 0 Å². The number of carbonyl (C=O) groups is 1. The molecule has 1 aromatic heterocycles. The number of carbonyl (C=O) groups excluding carboxylic acids is 1. The van der Waals surface area contributed by atoms with Crippen LogP contribution in [0.3, 0.4) is 0 Å². The number of hydrogen-bond acceptors (Lipinski definition) is 6. The van der Waals surface area contributed by atoms with Crippen LogP contribution in [-0.2, 0) is 20.8 Å². The van der Waals surface area contributed by atoms with Crippen molar-refractivity contribution in [2.75, 3.05) is 26.4 Å². The van der Waals surface area contributed by atoms with Crippen molar-refractivity contribution in [3.8, 4) is 0 Å². The van der Waals surface area contributed by atoms with Crippen molar-refractivity contribution in [2.45, 2.75) is 65.1 Å². The van der Waals surface area contributed by atoms with Gasteiger partial charge in [-0.25, -0.2) is 4.98 Å². The summed E-state index contributed by atoms with van der Waals surface area (Å²) in [5, 5.41) is 7.86. The maximum absolute atomic E-state index is 12.7. The second-order valence-electron chi connectivity index (χ2n) is 7.73. The zero-order valence-corrected chi connectivity index (χ0v) is 17.6. The first kappa shape index (κ1) is 20.7. The minimum Gasteiger partial charge on any atom is -0.381 e. The van der Waals surface area contributed by atoms with Crippen molar-refractivity contribution >= 4 is 17.2 Å². The van der Waals surface area contributed by atoms with E-state index in [2.05, 4.69) is 29.5 Å². The molecule has 3 heterocycles. The van der Waals surface area contributed by atoms with Gasteiger partial charge in [-0.2, -0.15) is 0 Å². The van der Waals surface area contributed by atoms with E-state index in [-0.39, 0.29) is 24.0 Å². The monoisotopic (exact) mass is 395 g/mol. The maximum atomic E-state index is 12.7. The second kappa shape index (κ2) is 9.96. The molecule has 3 atom stereocenters. The molecule has 3 rings (SSSR count). The molecular formula is C20H33N3O3S. The van der Waals surface area contributed by atoms with Crippen LogP contribution in [0, 0.1) is 25.7 Å². The number of nitrogens with zero attached hydrogens (tertiary/aromatic N) is 1. The summed E-state index contributed by atoms with van der Waals surface area (Å²) in [5.74, 6) is 0.668. The predicted molar refractivity (Wildman–Crippen MR) is 107 cm³/mol. The highest BCUT2D eigenvalue weighted by Gasteiger charge is 2.33. The number of ether oxygens (including phenoxy) is 2. The van der Waals surface area contributed by atoms with Gasteiger partial charge in [0.25, 0.3) is 0 Å². The van der Waals surface area contributed by atoms with Crippen LogP contribution >= 0.6 is 11.3 Å². The van der Waals surface area contributed by atoms with Gasteiger partial charge < -0.3 is 20.1 Å². The summed E-state index contributed by atoms with van der Waals surface area (Å²) in [4.78, 5) is 18.4. The molecule has 2 N–H and O–H groups in total. The largest absolute Gasteiger partial charge is 0.381 e. The first-order valence-corrected chi connectivity index (χ1v) is 11.0. The van der Waals surface area contributed by atoms with Crippen LogP contribution in [0.25, 0.3) is 0 Å². The number of hydrogen-bond donors (Lipinski definition) is 2. The van der Waals surface area contributed by atoms with E-state index in [1.165, 1.54) is 4.88 Å². The molecule has 0 saturated carbocycles. The maximum Gasteiger partial charge on any atom is 0.225 e. The summed E-state index contributed by atoms with van der Waals surface area (Å²) in [7, 11) is 0. The van der Waals surface area contributed by atoms with E-state index in [0.717, 1.165) is 62.7 Å². The molecule has 0 spiro atoms. The van der Waals surface area contributed by atoms with Crippen LogP contribution in [0.4, 0.5) is 0 Å². The van der Waals surface area contributed by atoms with Crippen LogP contribution in [0.15, 0.2) is 0 Å². The van der Waals surface area contributed by atoms with Crippen molar-refractivity contribution in [2.24, 2.45) is 11.8 Å². The minimum absolute atomic E-state index is 0.0296. The van der Waals surface area contributed by atoms with E-state index in [1.807, 2.05) is 6.92 Å². The zero-order valence-electron chi connectivity index (χ0n) is 16.8. The Labute approximate surface area is 166 Å². The Kier molecular flexibility index (Phi) is 7.64. The van der Waals surface area contributed by atoms with Crippen molar-refractivity contribution in [3.05, 3.63) is 15.6 Å². The average molecular weight is 396 g/mol. The van der Waals surface area contributed by atoms with Gasteiger partial charge in [0, 0.05) is 37.2 Å². The van der Waals surface area contributed by atoms with E-state index in [1.54, 1.807) is 11.3 Å². The highest BCUT2D eigenvalue weighted by atomic mass is 32.1. The summed E-state index contributed by atoms with van der Waals surface area (Å²) < 4.78 is 11.3.